The Kier molecular flexibility index (Phi) is 5.53. The molecule has 0 unspecified atom stereocenters. The molecule has 0 saturated heterocycles. The number of aryl methyl sites for hydroxylation is 1. The summed E-state index contributed by atoms with van der Waals surface area (Å²) in [5, 5.41) is 2.85. The zero-order chi connectivity index (χ0) is 18.4. The molecule has 0 aliphatic carbocycles. The van der Waals surface area contributed by atoms with Crippen molar-refractivity contribution in [1.82, 2.24) is 14.9 Å². The second kappa shape index (κ2) is 8.20. The third-order valence-corrected chi connectivity index (χ3v) is 3.91. The van der Waals surface area contributed by atoms with Gasteiger partial charge in [-0.2, -0.15) is 0 Å². The van der Waals surface area contributed by atoms with Gasteiger partial charge >= 0.3 is 0 Å². The van der Waals surface area contributed by atoms with Gasteiger partial charge in [-0.1, -0.05) is 18.2 Å². The van der Waals surface area contributed by atoms with Crippen LogP contribution in [-0.4, -0.2) is 29.2 Å². The van der Waals surface area contributed by atoms with Crippen LogP contribution in [0.5, 0.6) is 11.5 Å². The van der Waals surface area contributed by atoms with Crippen LogP contribution in [-0.2, 0) is 11.3 Å². The van der Waals surface area contributed by atoms with Gasteiger partial charge < -0.3 is 19.4 Å². The number of ether oxygens (including phenoxy) is 2. The number of nitrogens with one attached hydrogen (secondary N) is 1. The SMILES string of the molecule is COc1cc(C)ccc1OCC(=O)NCc1ccc(-n2ccnc2)cc1. The van der Waals surface area contributed by atoms with E-state index in [-0.39, 0.29) is 12.5 Å². The number of nitrogens with zero attached hydrogens (tertiary/aromatic N) is 2. The Hall–Kier alpha value is -3.28. The molecule has 0 spiro atoms. The predicted molar refractivity (Wildman–Crippen MR) is 98.6 cm³/mol. The van der Waals surface area contributed by atoms with Gasteiger partial charge in [-0.15, -0.1) is 0 Å². The molecule has 3 aromatic rings. The molecule has 0 radical (unpaired) electrons. The quantitative estimate of drug-likeness (QED) is 0.711. The van der Waals surface area contributed by atoms with Gasteiger partial charge in [0.25, 0.3) is 5.91 Å². The van der Waals surface area contributed by atoms with Crippen LogP contribution in [0.25, 0.3) is 5.69 Å². The number of carbonyl (C=O) groups excluding carboxylic acids is 1. The summed E-state index contributed by atoms with van der Waals surface area (Å²) < 4.78 is 12.7. The minimum Gasteiger partial charge on any atom is -0.493 e. The maximum atomic E-state index is 12.0. The standard InChI is InChI=1S/C20H21N3O3/c1-15-3-8-18(19(11-15)25-2)26-13-20(24)22-12-16-4-6-17(7-5-16)23-10-9-21-14-23/h3-11,14H,12-13H2,1-2H3,(H,22,24). The Labute approximate surface area is 152 Å². The normalized spacial score (nSPS) is 10.4. The Morgan fingerprint density at radius 3 is 2.65 bits per heavy atom. The first-order chi connectivity index (χ1) is 12.7. The Balaban J connectivity index is 1.50. The molecule has 6 heteroatoms. The van der Waals surface area contributed by atoms with Gasteiger partial charge in [0.1, 0.15) is 0 Å². The third-order valence-electron chi connectivity index (χ3n) is 3.91. The minimum absolute atomic E-state index is 0.0630. The van der Waals surface area contributed by atoms with Crippen LogP contribution in [0, 0.1) is 6.92 Å². The minimum atomic E-state index is -0.189. The van der Waals surface area contributed by atoms with Crippen LogP contribution in [0.4, 0.5) is 0 Å². The molecule has 0 saturated carbocycles. The fourth-order valence-corrected chi connectivity index (χ4v) is 2.49. The van der Waals surface area contributed by atoms with Crippen LogP contribution >= 0.6 is 0 Å². The molecule has 1 amide bonds. The number of methoxy groups -OCH3 is 1. The molecular formula is C20H21N3O3. The maximum Gasteiger partial charge on any atom is 0.258 e. The van der Waals surface area contributed by atoms with Gasteiger partial charge in [-0.25, -0.2) is 4.98 Å². The lowest BCUT2D eigenvalue weighted by Gasteiger charge is -2.11. The summed E-state index contributed by atoms with van der Waals surface area (Å²) in [4.78, 5) is 16.0. The van der Waals surface area contributed by atoms with Crippen molar-refractivity contribution < 1.29 is 14.3 Å². The van der Waals surface area contributed by atoms with E-state index in [1.165, 1.54) is 0 Å². The molecule has 26 heavy (non-hydrogen) atoms. The highest BCUT2D eigenvalue weighted by Crippen LogP contribution is 2.27. The van der Waals surface area contributed by atoms with Crippen LogP contribution in [0.2, 0.25) is 0 Å². The van der Waals surface area contributed by atoms with E-state index in [0.29, 0.717) is 18.0 Å². The molecule has 2 aromatic carbocycles. The molecule has 1 heterocycles. The van der Waals surface area contributed by atoms with Crippen molar-refractivity contribution in [2.24, 2.45) is 0 Å². The van der Waals surface area contributed by atoms with Crippen molar-refractivity contribution >= 4 is 5.91 Å². The highest BCUT2D eigenvalue weighted by Gasteiger charge is 2.08. The van der Waals surface area contributed by atoms with E-state index in [1.54, 1.807) is 25.7 Å². The lowest BCUT2D eigenvalue weighted by Crippen LogP contribution is -2.28. The highest BCUT2D eigenvalue weighted by molar-refractivity contribution is 5.77. The number of rotatable bonds is 7. The molecule has 0 aliphatic heterocycles. The van der Waals surface area contributed by atoms with E-state index in [1.807, 2.05) is 54.1 Å². The van der Waals surface area contributed by atoms with E-state index in [0.717, 1.165) is 16.8 Å². The Morgan fingerprint density at radius 2 is 1.96 bits per heavy atom. The number of carbonyl (C=O) groups is 1. The number of aromatic nitrogens is 2. The molecular weight excluding hydrogens is 330 g/mol. The highest BCUT2D eigenvalue weighted by atomic mass is 16.5. The van der Waals surface area contributed by atoms with Crippen LogP contribution in [0.1, 0.15) is 11.1 Å². The average Bonchev–Trinajstić information content (AvgIpc) is 3.20. The van der Waals surface area contributed by atoms with E-state index < -0.39 is 0 Å². The number of hydrogen-bond acceptors (Lipinski definition) is 4. The van der Waals surface area contributed by atoms with Gasteiger partial charge in [0.2, 0.25) is 0 Å². The Bertz CT molecular complexity index is 859. The summed E-state index contributed by atoms with van der Waals surface area (Å²) in [5.74, 6) is 0.983. The van der Waals surface area contributed by atoms with E-state index >= 15 is 0 Å². The summed E-state index contributed by atoms with van der Waals surface area (Å²) in [5.41, 5.74) is 3.10. The second-order valence-corrected chi connectivity index (χ2v) is 5.86. The first-order valence-corrected chi connectivity index (χ1v) is 8.27. The van der Waals surface area contributed by atoms with Crippen molar-refractivity contribution in [3.8, 4) is 17.2 Å². The first kappa shape index (κ1) is 17.5. The molecule has 0 fully saturated rings. The zero-order valence-corrected chi connectivity index (χ0v) is 14.8. The summed E-state index contributed by atoms with van der Waals surface area (Å²) in [7, 11) is 1.58. The smallest absolute Gasteiger partial charge is 0.258 e. The third kappa shape index (κ3) is 4.42. The van der Waals surface area contributed by atoms with Gasteiger partial charge in [0.15, 0.2) is 18.1 Å². The van der Waals surface area contributed by atoms with Crippen molar-refractivity contribution in [2.75, 3.05) is 13.7 Å². The summed E-state index contributed by atoms with van der Waals surface area (Å²) in [6, 6.07) is 13.5. The molecule has 0 bridgehead atoms. The fourth-order valence-electron chi connectivity index (χ4n) is 2.49. The Morgan fingerprint density at radius 1 is 1.15 bits per heavy atom. The van der Waals surface area contributed by atoms with Gasteiger partial charge in [0, 0.05) is 24.6 Å². The fraction of sp³-hybridized carbons (Fsp3) is 0.200. The zero-order valence-electron chi connectivity index (χ0n) is 14.8. The van der Waals surface area contributed by atoms with Crippen molar-refractivity contribution in [1.29, 1.82) is 0 Å². The molecule has 134 valence electrons. The first-order valence-electron chi connectivity index (χ1n) is 8.27. The van der Waals surface area contributed by atoms with Crippen molar-refractivity contribution in [2.45, 2.75) is 13.5 Å². The van der Waals surface area contributed by atoms with Gasteiger partial charge in [0.05, 0.1) is 13.4 Å². The maximum absolute atomic E-state index is 12.0. The van der Waals surface area contributed by atoms with E-state index in [4.69, 9.17) is 9.47 Å². The van der Waals surface area contributed by atoms with Gasteiger partial charge in [-0.05, 0) is 42.3 Å². The lowest BCUT2D eigenvalue weighted by atomic mass is 10.2. The lowest BCUT2D eigenvalue weighted by molar-refractivity contribution is -0.123. The summed E-state index contributed by atoms with van der Waals surface area (Å²) in [6.07, 6.45) is 5.36. The van der Waals surface area contributed by atoms with Crippen molar-refractivity contribution in [3.63, 3.8) is 0 Å². The number of benzene rings is 2. The van der Waals surface area contributed by atoms with Crippen LogP contribution < -0.4 is 14.8 Å². The number of amides is 1. The molecule has 1 N–H and O–H groups in total. The molecule has 0 atom stereocenters. The second-order valence-electron chi connectivity index (χ2n) is 5.86. The van der Waals surface area contributed by atoms with Gasteiger partial charge in [-0.3, -0.25) is 4.79 Å². The number of imidazole rings is 1. The number of hydrogen-bond donors (Lipinski definition) is 1. The molecule has 6 nitrogen and oxygen atoms in total. The monoisotopic (exact) mass is 351 g/mol. The van der Waals surface area contributed by atoms with E-state index in [9.17, 15) is 4.79 Å². The van der Waals surface area contributed by atoms with E-state index in [2.05, 4.69) is 10.3 Å². The molecule has 3 rings (SSSR count). The topological polar surface area (TPSA) is 65.4 Å². The summed E-state index contributed by atoms with van der Waals surface area (Å²) >= 11 is 0. The molecule has 1 aromatic heterocycles. The van der Waals surface area contributed by atoms with Crippen molar-refractivity contribution in [3.05, 3.63) is 72.3 Å². The largest absolute Gasteiger partial charge is 0.493 e. The van der Waals surface area contributed by atoms with Crippen LogP contribution in [0.3, 0.4) is 0 Å². The summed E-state index contributed by atoms with van der Waals surface area (Å²) in [6.45, 7) is 2.35. The molecule has 0 aliphatic rings. The predicted octanol–water partition coefficient (Wildman–Crippen LogP) is 2.88. The average molecular weight is 351 g/mol. The van der Waals surface area contributed by atoms with Crippen LogP contribution in [0.15, 0.2) is 61.2 Å².